The smallest absolute Gasteiger partial charge is 0.306 e. The van der Waals surface area contributed by atoms with Gasteiger partial charge in [-0.15, -0.1) is 0 Å². The average Bonchev–Trinajstić information content (AvgIpc) is 3.47. The first kappa shape index (κ1) is 77.3. The van der Waals surface area contributed by atoms with Crippen molar-refractivity contribution in [3.8, 4) is 0 Å². The normalized spacial score (nSPS) is 13.1. The minimum absolute atomic E-state index is 0.0971. The number of rotatable bonds is 60. The van der Waals surface area contributed by atoms with Crippen molar-refractivity contribution in [2.24, 2.45) is 0 Å². The topological polar surface area (TPSA) is 78.9 Å². The highest BCUT2D eigenvalue weighted by Gasteiger charge is 2.19. The quantitative estimate of drug-likeness (QED) is 0.0261. The SMILES string of the molecule is CC/C=C\C/C=C\C/C=C\C/C=C\C/C=C\C/C=C\C/C=C\C/C=C\CCCCCCCCC(=O)OCC(COC(=O)CCCCCCC/C=C\C/C=C\C/C=C\CC)OC(=O)CCCCCCCCC/C=C\CCCCCCCCC. The molecule has 0 aliphatic rings. The molecule has 0 aliphatic carbocycles. The maximum atomic E-state index is 12.9. The molecule has 0 saturated heterocycles. The Morgan fingerprint density at radius 3 is 0.756 bits per heavy atom. The number of carbonyl (C=O) groups is 3. The number of allylic oxidation sites excluding steroid dienone is 24. The minimum atomic E-state index is -0.801. The van der Waals surface area contributed by atoms with E-state index >= 15 is 0 Å². The van der Waals surface area contributed by atoms with Gasteiger partial charge in [0.2, 0.25) is 0 Å². The van der Waals surface area contributed by atoms with Gasteiger partial charge in [0.15, 0.2) is 6.10 Å². The molecule has 1 unspecified atom stereocenters. The molecule has 0 N–H and O–H groups in total. The number of ether oxygens (including phenoxy) is 3. The molecule has 0 fully saturated rings. The molecule has 6 nitrogen and oxygen atoms in total. The van der Waals surface area contributed by atoms with Gasteiger partial charge in [-0.2, -0.15) is 0 Å². The van der Waals surface area contributed by atoms with Gasteiger partial charge in [0, 0.05) is 19.3 Å². The Bertz CT molecular complexity index is 1780. The first-order chi connectivity index (χ1) is 40.5. The Kier molecular flexibility index (Phi) is 64.8. The summed E-state index contributed by atoms with van der Waals surface area (Å²) in [5, 5.41) is 0. The lowest BCUT2D eigenvalue weighted by molar-refractivity contribution is -0.167. The largest absolute Gasteiger partial charge is 0.462 e. The Labute approximate surface area is 506 Å². The fourth-order valence-electron chi connectivity index (χ4n) is 9.06. The zero-order chi connectivity index (χ0) is 59.2. The van der Waals surface area contributed by atoms with Gasteiger partial charge in [0.05, 0.1) is 0 Å². The first-order valence-electron chi connectivity index (χ1n) is 33.8. The van der Waals surface area contributed by atoms with E-state index in [0.717, 1.165) is 161 Å². The fraction of sp³-hybridized carbons (Fsp3) is 0.645. The Morgan fingerprint density at radius 1 is 0.256 bits per heavy atom. The third kappa shape index (κ3) is 66.1. The predicted molar refractivity (Wildman–Crippen MR) is 357 cm³/mol. The van der Waals surface area contributed by atoms with Crippen LogP contribution in [-0.2, 0) is 28.6 Å². The molecule has 0 bridgehead atoms. The summed E-state index contributed by atoms with van der Waals surface area (Å²) in [7, 11) is 0. The van der Waals surface area contributed by atoms with E-state index in [4.69, 9.17) is 14.2 Å². The predicted octanol–water partition coefficient (Wildman–Crippen LogP) is 23.5. The van der Waals surface area contributed by atoms with E-state index in [-0.39, 0.29) is 31.1 Å². The zero-order valence-electron chi connectivity index (χ0n) is 53.2. The molecule has 0 aromatic carbocycles. The molecule has 82 heavy (non-hydrogen) atoms. The van der Waals surface area contributed by atoms with Crippen LogP contribution in [0, 0.1) is 0 Å². The van der Waals surface area contributed by atoms with Crippen molar-refractivity contribution in [2.45, 2.75) is 303 Å². The molecule has 0 rings (SSSR count). The van der Waals surface area contributed by atoms with Crippen LogP contribution in [0.4, 0.5) is 0 Å². The lowest BCUT2D eigenvalue weighted by Crippen LogP contribution is -2.30. The summed E-state index contributed by atoms with van der Waals surface area (Å²) in [5.41, 5.74) is 0. The van der Waals surface area contributed by atoms with Gasteiger partial charge in [-0.25, -0.2) is 0 Å². The van der Waals surface area contributed by atoms with Crippen LogP contribution in [-0.4, -0.2) is 37.2 Å². The van der Waals surface area contributed by atoms with Crippen molar-refractivity contribution in [3.63, 3.8) is 0 Å². The van der Waals surface area contributed by atoms with E-state index in [9.17, 15) is 14.4 Å². The third-order valence-corrected chi connectivity index (χ3v) is 14.1. The summed E-state index contributed by atoms with van der Waals surface area (Å²) in [6.07, 6.45) is 98.6. The highest BCUT2D eigenvalue weighted by atomic mass is 16.6. The van der Waals surface area contributed by atoms with Crippen LogP contribution in [0.15, 0.2) is 146 Å². The second kappa shape index (κ2) is 68.8. The third-order valence-electron chi connectivity index (χ3n) is 14.1. The van der Waals surface area contributed by atoms with E-state index in [1.54, 1.807) is 0 Å². The Hall–Kier alpha value is -4.71. The van der Waals surface area contributed by atoms with Gasteiger partial charge in [0.25, 0.3) is 0 Å². The lowest BCUT2D eigenvalue weighted by atomic mass is 10.1. The Balaban J connectivity index is 4.39. The summed E-state index contributed by atoms with van der Waals surface area (Å²) >= 11 is 0. The molecular weight excluding hydrogens is 1010 g/mol. The van der Waals surface area contributed by atoms with Gasteiger partial charge in [0.1, 0.15) is 13.2 Å². The Morgan fingerprint density at radius 2 is 0.476 bits per heavy atom. The van der Waals surface area contributed by atoms with E-state index in [1.165, 1.54) is 96.3 Å². The number of carbonyl (C=O) groups excluding carboxylic acids is 3. The summed E-state index contributed by atoms with van der Waals surface area (Å²) in [6, 6.07) is 0. The molecule has 464 valence electrons. The summed E-state index contributed by atoms with van der Waals surface area (Å²) < 4.78 is 16.9. The first-order valence-corrected chi connectivity index (χ1v) is 33.8. The van der Waals surface area contributed by atoms with Crippen LogP contribution in [0.2, 0.25) is 0 Å². The van der Waals surface area contributed by atoms with Crippen molar-refractivity contribution in [2.75, 3.05) is 13.2 Å². The molecule has 0 aliphatic heterocycles. The van der Waals surface area contributed by atoms with Crippen LogP contribution < -0.4 is 0 Å². The van der Waals surface area contributed by atoms with E-state index in [0.29, 0.717) is 19.3 Å². The zero-order valence-corrected chi connectivity index (χ0v) is 53.2. The van der Waals surface area contributed by atoms with Crippen molar-refractivity contribution in [1.82, 2.24) is 0 Å². The summed E-state index contributed by atoms with van der Waals surface area (Å²) in [5.74, 6) is -0.928. The van der Waals surface area contributed by atoms with Crippen LogP contribution >= 0.6 is 0 Å². The molecule has 0 spiro atoms. The van der Waals surface area contributed by atoms with E-state index in [2.05, 4.69) is 167 Å². The highest BCUT2D eigenvalue weighted by molar-refractivity contribution is 5.71. The maximum absolute atomic E-state index is 12.9. The monoisotopic (exact) mass is 1130 g/mol. The van der Waals surface area contributed by atoms with Gasteiger partial charge in [-0.1, -0.05) is 282 Å². The molecule has 0 aromatic rings. The number of hydrogen-bond donors (Lipinski definition) is 0. The molecule has 0 radical (unpaired) electrons. The van der Waals surface area contributed by atoms with Gasteiger partial charge < -0.3 is 14.2 Å². The molecular formula is C76H124O6. The van der Waals surface area contributed by atoms with E-state index in [1.807, 2.05) is 0 Å². The molecule has 0 amide bonds. The fourth-order valence-corrected chi connectivity index (χ4v) is 9.06. The maximum Gasteiger partial charge on any atom is 0.306 e. The van der Waals surface area contributed by atoms with Crippen LogP contribution in [0.1, 0.15) is 297 Å². The van der Waals surface area contributed by atoms with Crippen molar-refractivity contribution >= 4 is 17.9 Å². The van der Waals surface area contributed by atoms with Crippen LogP contribution in [0.25, 0.3) is 0 Å². The summed E-state index contributed by atoms with van der Waals surface area (Å²) in [6.45, 7) is 6.39. The van der Waals surface area contributed by atoms with Crippen molar-refractivity contribution < 1.29 is 28.6 Å². The summed E-state index contributed by atoms with van der Waals surface area (Å²) in [4.78, 5) is 38.4. The van der Waals surface area contributed by atoms with Crippen molar-refractivity contribution in [1.29, 1.82) is 0 Å². The van der Waals surface area contributed by atoms with Gasteiger partial charge in [-0.05, 0) is 141 Å². The molecule has 0 aromatic heterocycles. The van der Waals surface area contributed by atoms with Crippen LogP contribution in [0.5, 0.6) is 0 Å². The van der Waals surface area contributed by atoms with Gasteiger partial charge >= 0.3 is 17.9 Å². The second-order valence-electron chi connectivity index (χ2n) is 22.0. The number of esters is 3. The minimum Gasteiger partial charge on any atom is -0.462 e. The van der Waals surface area contributed by atoms with E-state index < -0.39 is 6.10 Å². The number of unbranched alkanes of at least 4 members (excludes halogenated alkanes) is 25. The molecule has 1 atom stereocenters. The molecule has 0 saturated carbocycles. The number of hydrogen-bond acceptors (Lipinski definition) is 6. The standard InChI is InChI=1S/C76H124O6/c1-4-7-10-13-16-19-22-25-28-30-32-33-34-35-36-37-38-39-40-41-42-43-44-46-48-51-54-57-60-63-66-69-75(78)81-72-73(71-80-74(77)68-65-62-59-56-53-50-47-27-24-21-18-15-12-9-6-3)82-76(79)70-67-64-61-58-55-52-49-45-31-29-26-23-20-17-14-11-8-5-2/h7,9-10,12,16,18-19,21,25,27-29,31-33,35-36,38-39,41-42,44,46-47,73H,4-6,8,11,13-15,17,20,22-24,26,30,34,37,40,43,45,48-72H2,1-3H3/b10-7-,12-9-,19-16-,21-18-,28-25-,31-29-,33-32-,36-35-,39-38-,42-41-,46-44-,47-27-. The van der Waals surface area contributed by atoms with Crippen molar-refractivity contribution in [3.05, 3.63) is 146 Å². The van der Waals surface area contributed by atoms with Gasteiger partial charge in [-0.3, -0.25) is 14.4 Å². The molecule has 0 heterocycles. The molecule has 6 heteroatoms. The average molecular weight is 1130 g/mol. The lowest BCUT2D eigenvalue weighted by Gasteiger charge is -2.18. The van der Waals surface area contributed by atoms with Crippen LogP contribution in [0.3, 0.4) is 0 Å². The second-order valence-corrected chi connectivity index (χ2v) is 22.0. The highest BCUT2D eigenvalue weighted by Crippen LogP contribution is 2.15.